The molecule has 0 aromatic heterocycles. The Labute approximate surface area is 236 Å². The zero-order valence-corrected chi connectivity index (χ0v) is 24.8. The molecule has 10 heteroatoms. The van der Waals surface area contributed by atoms with Gasteiger partial charge in [-0.3, -0.25) is 9.59 Å². The maximum absolute atomic E-state index is 14.1. The third kappa shape index (κ3) is 4.88. The van der Waals surface area contributed by atoms with Crippen molar-refractivity contribution in [3.8, 4) is 0 Å². The summed E-state index contributed by atoms with van der Waals surface area (Å²) in [5.74, 6) is -2.60. The second kappa shape index (κ2) is 11.3. The Morgan fingerprint density at radius 1 is 1.20 bits per heavy atom. The number of hydrogen-bond acceptors (Lipinski definition) is 10. The molecule has 3 aliphatic carbocycles. The Bertz CT molecular complexity index is 1160. The van der Waals surface area contributed by atoms with Crippen LogP contribution in [0.1, 0.15) is 53.4 Å². The van der Waals surface area contributed by atoms with E-state index in [1.807, 2.05) is 39.8 Å². The molecule has 0 aromatic carbocycles. The normalized spacial score (nSPS) is 34.6. The smallest absolute Gasteiger partial charge is 0.340 e. The Morgan fingerprint density at radius 2 is 1.90 bits per heavy atom. The molecular weight excluding hydrogens is 516 g/mol. The van der Waals surface area contributed by atoms with Gasteiger partial charge in [0.05, 0.1) is 23.7 Å². The van der Waals surface area contributed by atoms with E-state index in [4.69, 9.17) is 14.2 Å². The molecule has 0 unspecified atom stereocenters. The number of ether oxygens (including phenoxy) is 3. The van der Waals surface area contributed by atoms with Gasteiger partial charge in [0.25, 0.3) is 0 Å². The molecule has 6 atom stereocenters. The summed E-state index contributed by atoms with van der Waals surface area (Å²) in [6.07, 6.45) is 1.47. The van der Waals surface area contributed by atoms with Gasteiger partial charge >= 0.3 is 11.9 Å². The highest BCUT2D eigenvalue weighted by atomic mass is 16.6. The van der Waals surface area contributed by atoms with Crippen molar-refractivity contribution in [2.24, 2.45) is 16.7 Å². The quantitative estimate of drug-likeness (QED) is 0.321. The molecule has 0 aromatic rings. The number of allylic oxidation sites excluding steroid dienone is 1. The third-order valence-corrected chi connectivity index (χ3v) is 9.42. The lowest BCUT2D eigenvalue weighted by Gasteiger charge is -2.54. The highest BCUT2D eigenvalue weighted by molar-refractivity contribution is 6.13. The molecule has 1 heterocycles. The molecule has 1 aliphatic heterocycles. The van der Waals surface area contributed by atoms with Crippen molar-refractivity contribution in [2.45, 2.75) is 71.7 Å². The number of aliphatic hydroxyl groups is 2. The number of nitrogens with zero attached hydrogens (tertiary/aromatic N) is 2. The first-order valence-corrected chi connectivity index (χ1v) is 14.2. The van der Waals surface area contributed by atoms with E-state index in [0.29, 0.717) is 43.5 Å². The van der Waals surface area contributed by atoms with Crippen molar-refractivity contribution < 1.29 is 38.8 Å². The van der Waals surface area contributed by atoms with Crippen LogP contribution in [0.4, 0.5) is 0 Å². The maximum Gasteiger partial charge on any atom is 0.340 e. The Kier molecular flexibility index (Phi) is 8.55. The number of cyclic esters (lactones) is 1. The second-order valence-electron chi connectivity index (χ2n) is 12.2. The summed E-state index contributed by atoms with van der Waals surface area (Å²) in [4.78, 5) is 44.0. The van der Waals surface area contributed by atoms with Crippen molar-refractivity contribution in [3.63, 3.8) is 0 Å². The molecule has 4 rings (SSSR count). The Morgan fingerprint density at radius 3 is 2.50 bits per heavy atom. The van der Waals surface area contributed by atoms with Gasteiger partial charge in [0.2, 0.25) is 5.78 Å². The molecular formula is C30H44N2O8. The molecule has 222 valence electrons. The lowest BCUT2D eigenvalue weighted by atomic mass is 9.53. The van der Waals surface area contributed by atoms with E-state index in [1.54, 1.807) is 6.20 Å². The molecule has 0 radical (unpaired) electrons. The fourth-order valence-corrected chi connectivity index (χ4v) is 7.36. The van der Waals surface area contributed by atoms with Crippen LogP contribution in [0.15, 0.2) is 34.3 Å². The lowest BCUT2D eigenvalue weighted by molar-refractivity contribution is -0.161. The number of carbonyl (C=O) groups excluding carboxylic acids is 3. The molecule has 1 saturated heterocycles. The van der Waals surface area contributed by atoms with E-state index >= 15 is 0 Å². The van der Waals surface area contributed by atoms with E-state index in [9.17, 15) is 24.6 Å². The lowest BCUT2D eigenvalue weighted by Crippen LogP contribution is -2.57. The van der Waals surface area contributed by atoms with Gasteiger partial charge in [-0.25, -0.2) is 4.79 Å². The Hall–Kier alpha value is -2.69. The summed E-state index contributed by atoms with van der Waals surface area (Å²) in [7, 11) is 5.48. The summed E-state index contributed by atoms with van der Waals surface area (Å²) < 4.78 is 17.3. The van der Waals surface area contributed by atoms with Crippen molar-refractivity contribution >= 4 is 17.7 Å². The van der Waals surface area contributed by atoms with Crippen LogP contribution in [0.2, 0.25) is 0 Å². The maximum atomic E-state index is 14.1. The monoisotopic (exact) mass is 560 g/mol. The zero-order valence-electron chi connectivity index (χ0n) is 24.8. The fourth-order valence-electron chi connectivity index (χ4n) is 7.36. The number of carbonyl (C=O) groups is 3. The largest absolute Gasteiger partial charge is 0.504 e. The standard InChI is InChI=1S/C30H44N2O8/c1-8-32(13-9-12-31(5)6)15-18-24-27(36)26(35)23-19-10-11-21(34)29(19,3)14-20(39-17(2)33)25(23)30(24,4)22(16-38-7)40-28(18)37/h15,19-22,34,36H,8-14,16H2,1-7H3/b18-15+/t19-,20+,21-,22+,29-,30-/m0/s1. The second-order valence-corrected chi connectivity index (χ2v) is 12.2. The van der Waals surface area contributed by atoms with Crippen LogP contribution < -0.4 is 0 Å². The third-order valence-electron chi connectivity index (χ3n) is 9.42. The number of methoxy groups -OCH3 is 1. The van der Waals surface area contributed by atoms with Crippen LogP contribution in [0.25, 0.3) is 0 Å². The number of fused-ring (bicyclic) bond motifs is 4. The number of Topliss-reactive ketones (excluding diaryl/α,β-unsaturated/α-hetero) is 1. The number of esters is 2. The minimum absolute atomic E-state index is 0.00888. The van der Waals surface area contributed by atoms with Gasteiger partial charge in [-0.15, -0.1) is 0 Å². The summed E-state index contributed by atoms with van der Waals surface area (Å²) in [6, 6.07) is 0. The van der Waals surface area contributed by atoms with Crippen molar-refractivity contribution in [2.75, 3.05) is 47.4 Å². The van der Waals surface area contributed by atoms with Gasteiger partial charge in [0.1, 0.15) is 12.2 Å². The summed E-state index contributed by atoms with van der Waals surface area (Å²) in [5, 5.41) is 22.6. The van der Waals surface area contributed by atoms with Crippen LogP contribution in [-0.4, -0.2) is 103 Å². The molecule has 2 fully saturated rings. The van der Waals surface area contributed by atoms with Gasteiger partial charge in [-0.05, 0) is 71.7 Å². The van der Waals surface area contributed by atoms with Crippen LogP contribution >= 0.6 is 0 Å². The van der Waals surface area contributed by atoms with Crippen molar-refractivity contribution in [1.82, 2.24) is 9.80 Å². The predicted molar refractivity (Wildman–Crippen MR) is 147 cm³/mol. The van der Waals surface area contributed by atoms with Gasteiger partial charge in [-0.2, -0.15) is 0 Å². The van der Waals surface area contributed by atoms with Gasteiger partial charge in [-0.1, -0.05) is 6.92 Å². The first kappa shape index (κ1) is 30.3. The molecule has 0 spiro atoms. The summed E-state index contributed by atoms with van der Waals surface area (Å²) in [5.41, 5.74) is -0.735. The summed E-state index contributed by atoms with van der Waals surface area (Å²) >= 11 is 0. The molecule has 40 heavy (non-hydrogen) atoms. The molecule has 1 saturated carbocycles. The fraction of sp³-hybridized carbons (Fsp3) is 0.700. The zero-order chi connectivity index (χ0) is 29.6. The van der Waals surface area contributed by atoms with Crippen LogP contribution in [0, 0.1) is 16.7 Å². The predicted octanol–water partition coefficient (Wildman–Crippen LogP) is 2.53. The van der Waals surface area contributed by atoms with Crippen LogP contribution in [-0.2, 0) is 28.6 Å². The van der Waals surface area contributed by atoms with Crippen molar-refractivity contribution in [3.05, 3.63) is 34.3 Å². The molecule has 0 bridgehead atoms. The van der Waals surface area contributed by atoms with E-state index < -0.39 is 52.6 Å². The van der Waals surface area contributed by atoms with Gasteiger partial charge in [0.15, 0.2) is 5.76 Å². The van der Waals surface area contributed by atoms with E-state index in [-0.39, 0.29) is 23.7 Å². The number of aliphatic hydroxyl groups excluding tert-OH is 2. The Balaban J connectivity index is 1.92. The van der Waals surface area contributed by atoms with Gasteiger partial charge < -0.3 is 34.2 Å². The van der Waals surface area contributed by atoms with Crippen molar-refractivity contribution in [1.29, 1.82) is 0 Å². The topological polar surface area (TPSA) is 126 Å². The van der Waals surface area contributed by atoms with E-state index in [0.717, 1.165) is 13.0 Å². The SMILES string of the molecule is CCN(/C=C1/C(=O)O[C@H](COC)[C@@]2(C)C1=C(O)C(=O)C1=C2[C@H](OC(C)=O)C[C@]2(C)[C@@H](O)CC[C@@H]12)CCCN(C)C. The minimum atomic E-state index is -1.21. The first-order valence-electron chi connectivity index (χ1n) is 14.2. The molecule has 0 amide bonds. The van der Waals surface area contributed by atoms with Crippen LogP contribution in [0.3, 0.4) is 0 Å². The summed E-state index contributed by atoms with van der Waals surface area (Å²) in [6.45, 7) is 9.15. The molecule has 10 nitrogen and oxygen atoms in total. The van der Waals surface area contributed by atoms with E-state index in [2.05, 4.69) is 4.90 Å². The average molecular weight is 561 g/mol. The number of ketones is 1. The van der Waals surface area contributed by atoms with E-state index in [1.165, 1.54) is 14.0 Å². The minimum Gasteiger partial charge on any atom is -0.504 e. The average Bonchev–Trinajstić information content (AvgIpc) is 3.17. The highest BCUT2D eigenvalue weighted by Gasteiger charge is 2.64. The first-order chi connectivity index (χ1) is 18.8. The molecule has 2 N–H and O–H groups in total. The molecule has 4 aliphatic rings. The van der Waals surface area contributed by atoms with Gasteiger partial charge in [0, 0.05) is 49.9 Å². The highest BCUT2D eigenvalue weighted by Crippen LogP contribution is 2.63. The number of rotatable bonds is 9. The van der Waals surface area contributed by atoms with Crippen LogP contribution in [0.5, 0.6) is 0 Å². The number of hydrogen-bond donors (Lipinski definition) is 2.